The molecule has 0 amide bonds. The van der Waals surface area contributed by atoms with Crippen molar-refractivity contribution in [2.24, 2.45) is 10.9 Å². The lowest BCUT2D eigenvalue weighted by molar-refractivity contribution is 0.214. The maximum absolute atomic E-state index is 14.7. The zero-order valence-electron chi connectivity index (χ0n) is 19.7. The third-order valence-corrected chi connectivity index (χ3v) is 6.48. The second-order valence-corrected chi connectivity index (χ2v) is 8.95. The topological polar surface area (TPSA) is 56.3 Å². The molecule has 0 saturated carbocycles. The molecule has 2 aliphatic heterocycles. The average Bonchev–Trinajstić information content (AvgIpc) is 3.06. The highest BCUT2D eigenvalue weighted by molar-refractivity contribution is 6.12. The molecule has 0 spiro atoms. The average molecular weight is 452 g/mol. The van der Waals surface area contributed by atoms with Gasteiger partial charge in [-0.05, 0) is 63.3 Å². The van der Waals surface area contributed by atoms with Gasteiger partial charge in [0.2, 0.25) is 0 Å². The van der Waals surface area contributed by atoms with E-state index in [2.05, 4.69) is 46.9 Å². The van der Waals surface area contributed by atoms with Crippen molar-refractivity contribution in [1.82, 2.24) is 15.1 Å². The van der Waals surface area contributed by atoms with Crippen LogP contribution in [0.1, 0.15) is 57.0 Å². The van der Waals surface area contributed by atoms with Crippen LogP contribution in [0.3, 0.4) is 0 Å². The van der Waals surface area contributed by atoms with E-state index >= 15 is 0 Å². The number of H-pyrrole nitrogens is 1. The summed E-state index contributed by atoms with van der Waals surface area (Å²) in [5, 5.41) is 10.7. The number of nitrogens with one attached hydrogen (secondary N) is 2. The third kappa shape index (κ3) is 4.49. The number of aryl methyl sites for hydroxylation is 1. The first-order valence-electron chi connectivity index (χ1n) is 11.5. The van der Waals surface area contributed by atoms with Crippen molar-refractivity contribution >= 4 is 17.1 Å². The van der Waals surface area contributed by atoms with E-state index < -0.39 is 11.6 Å². The molecule has 7 heteroatoms. The van der Waals surface area contributed by atoms with E-state index in [0.717, 1.165) is 36.5 Å². The Kier molecular flexibility index (Phi) is 6.49. The van der Waals surface area contributed by atoms with E-state index in [4.69, 9.17) is 4.99 Å². The molecule has 1 saturated heterocycles. The third-order valence-electron chi connectivity index (χ3n) is 6.48. The Balaban J connectivity index is 1.89. The molecular weight excluding hydrogens is 420 g/mol. The summed E-state index contributed by atoms with van der Waals surface area (Å²) in [6, 6.07) is 3.80. The van der Waals surface area contributed by atoms with Crippen molar-refractivity contribution < 1.29 is 8.78 Å². The molecule has 0 radical (unpaired) electrons. The Bertz CT molecular complexity index is 1150. The maximum Gasteiger partial charge on any atom is 0.144 e. The fourth-order valence-corrected chi connectivity index (χ4v) is 4.53. The van der Waals surface area contributed by atoms with E-state index in [1.807, 2.05) is 13.8 Å². The number of amidine groups is 1. The van der Waals surface area contributed by atoms with Crippen LogP contribution in [-0.2, 0) is 0 Å². The molecule has 1 aromatic heterocycles. The van der Waals surface area contributed by atoms with Gasteiger partial charge in [-0.1, -0.05) is 26.0 Å². The van der Waals surface area contributed by atoms with Crippen molar-refractivity contribution in [1.29, 1.82) is 0 Å². The quantitative estimate of drug-likeness (QED) is 0.571. The van der Waals surface area contributed by atoms with Gasteiger partial charge in [0.25, 0.3) is 0 Å². The second-order valence-electron chi connectivity index (χ2n) is 8.95. The lowest BCUT2D eigenvalue weighted by atomic mass is 9.95. The lowest BCUT2D eigenvalue weighted by Gasteiger charge is -2.34. The molecule has 5 nitrogen and oxygen atoms in total. The standard InChI is InChI=1S/C26H31F2N5/c1-6-18-9-8-12-33(14-18)16(4)13-19-23(15(2)3)29-26(22-20(27)10-7-11-21(22)28)30-24-17(5)31-32-25(19)24/h7,10-11,13,18H,2,6,8-9,12,14H2,1,3-5H3,(H,29,30)(H,31,32)/b16-13+. The molecule has 3 heterocycles. The summed E-state index contributed by atoms with van der Waals surface area (Å²) < 4.78 is 29.4. The molecule has 33 heavy (non-hydrogen) atoms. The van der Waals surface area contributed by atoms with Crippen molar-refractivity contribution in [3.05, 3.63) is 76.4 Å². The predicted octanol–water partition coefficient (Wildman–Crippen LogP) is 6.18. The fraction of sp³-hybridized carbons (Fsp3) is 0.385. The second kappa shape index (κ2) is 9.33. The summed E-state index contributed by atoms with van der Waals surface area (Å²) in [6.07, 6.45) is 5.67. The highest BCUT2D eigenvalue weighted by Gasteiger charge is 2.27. The van der Waals surface area contributed by atoms with Crippen molar-refractivity contribution in [3.8, 4) is 0 Å². The summed E-state index contributed by atoms with van der Waals surface area (Å²) in [7, 11) is 0. The van der Waals surface area contributed by atoms with Gasteiger partial charge in [-0.2, -0.15) is 5.10 Å². The van der Waals surface area contributed by atoms with Crippen LogP contribution in [0.4, 0.5) is 14.5 Å². The van der Waals surface area contributed by atoms with Crippen LogP contribution in [0.2, 0.25) is 0 Å². The number of piperidine rings is 1. The number of allylic oxidation sites excluding steroid dienone is 4. The minimum absolute atomic E-state index is 0.0967. The fourth-order valence-electron chi connectivity index (χ4n) is 4.53. The van der Waals surface area contributed by atoms with Crippen LogP contribution in [0, 0.1) is 24.5 Å². The first kappa shape index (κ1) is 23.0. The van der Waals surface area contributed by atoms with Gasteiger partial charge < -0.3 is 10.2 Å². The number of rotatable bonds is 5. The Hall–Kier alpha value is -3.22. The van der Waals surface area contributed by atoms with E-state index in [1.54, 1.807) is 0 Å². The SMILES string of the molecule is C=C(C)C1=C(/C=C(\C)N2CCCC(CC)C2)c2n[nH]c(C)c2NC(c2c(F)cccc2F)=N1. The van der Waals surface area contributed by atoms with Gasteiger partial charge >= 0.3 is 0 Å². The van der Waals surface area contributed by atoms with Gasteiger partial charge in [0.05, 0.1) is 22.6 Å². The zero-order chi connectivity index (χ0) is 23.7. The number of hydrogen-bond acceptors (Lipinski definition) is 4. The van der Waals surface area contributed by atoms with E-state index in [9.17, 15) is 8.78 Å². The summed E-state index contributed by atoms with van der Waals surface area (Å²) in [6.45, 7) is 14.2. The number of aliphatic imine (C=N–C) groups is 1. The van der Waals surface area contributed by atoms with Crippen LogP contribution in [-0.4, -0.2) is 34.0 Å². The molecule has 1 fully saturated rings. The highest BCUT2D eigenvalue weighted by Crippen LogP contribution is 2.36. The molecule has 0 bridgehead atoms. The largest absolute Gasteiger partial charge is 0.375 e. The van der Waals surface area contributed by atoms with Crippen LogP contribution >= 0.6 is 0 Å². The van der Waals surface area contributed by atoms with Crippen molar-refractivity contribution in [3.63, 3.8) is 0 Å². The molecular formula is C26H31F2N5. The van der Waals surface area contributed by atoms with Crippen LogP contribution in [0.15, 0.2) is 52.8 Å². The minimum atomic E-state index is -0.681. The number of halogens is 2. The van der Waals surface area contributed by atoms with Gasteiger partial charge in [0, 0.05) is 24.4 Å². The van der Waals surface area contributed by atoms with Gasteiger partial charge in [-0.15, -0.1) is 0 Å². The number of anilines is 1. The van der Waals surface area contributed by atoms with E-state index in [-0.39, 0.29) is 11.4 Å². The first-order valence-corrected chi connectivity index (χ1v) is 11.5. The molecule has 2 aliphatic rings. The molecule has 2 aromatic rings. The molecule has 174 valence electrons. The monoisotopic (exact) mass is 451 g/mol. The first-order chi connectivity index (χ1) is 15.8. The van der Waals surface area contributed by atoms with E-state index in [1.165, 1.54) is 31.0 Å². The van der Waals surface area contributed by atoms with Gasteiger partial charge in [0.15, 0.2) is 0 Å². The van der Waals surface area contributed by atoms with Crippen LogP contribution < -0.4 is 5.32 Å². The predicted molar refractivity (Wildman–Crippen MR) is 130 cm³/mol. The zero-order valence-corrected chi connectivity index (χ0v) is 19.7. The van der Waals surface area contributed by atoms with Crippen LogP contribution in [0.25, 0.3) is 5.57 Å². The molecule has 0 aliphatic carbocycles. The van der Waals surface area contributed by atoms with Crippen molar-refractivity contribution in [2.45, 2.75) is 47.0 Å². The number of fused-ring (bicyclic) bond motifs is 1. The molecule has 1 atom stereocenters. The summed E-state index contributed by atoms with van der Waals surface area (Å²) in [5.41, 5.74) is 4.98. The smallest absolute Gasteiger partial charge is 0.144 e. The summed E-state index contributed by atoms with van der Waals surface area (Å²) in [5.74, 6) is -0.582. The molecule has 1 unspecified atom stereocenters. The van der Waals surface area contributed by atoms with Crippen molar-refractivity contribution in [2.75, 3.05) is 18.4 Å². The summed E-state index contributed by atoms with van der Waals surface area (Å²) in [4.78, 5) is 7.10. The van der Waals surface area contributed by atoms with Crippen LogP contribution in [0.5, 0.6) is 0 Å². The number of aromatic nitrogens is 2. The summed E-state index contributed by atoms with van der Waals surface area (Å²) >= 11 is 0. The molecule has 2 N–H and O–H groups in total. The van der Waals surface area contributed by atoms with Gasteiger partial charge in [-0.25, -0.2) is 13.8 Å². The van der Waals surface area contributed by atoms with Gasteiger partial charge in [0.1, 0.15) is 23.2 Å². The Labute approximate surface area is 194 Å². The highest BCUT2D eigenvalue weighted by atomic mass is 19.1. The molecule has 4 rings (SSSR count). The number of benzene rings is 1. The van der Waals surface area contributed by atoms with E-state index in [0.29, 0.717) is 28.6 Å². The van der Waals surface area contributed by atoms with Gasteiger partial charge in [-0.3, -0.25) is 5.10 Å². The number of likely N-dealkylation sites (tertiary alicyclic amines) is 1. The number of nitrogens with zero attached hydrogens (tertiary/aromatic N) is 3. The lowest BCUT2D eigenvalue weighted by Crippen LogP contribution is -2.33. The maximum atomic E-state index is 14.7. The number of hydrogen-bond donors (Lipinski definition) is 2. The Morgan fingerprint density at radius 2 is 2.00 bits per heavy atom. The Morgan fingerprint density at radius 3 is 2.67 bits per heavy atom. The number of aromatic amines is 1. The Morgan fingerprint density at radius 1 is 1.27 bits per heavy atom. The molecule has 1 aromatic carbocycles. The minimum Gasteiger partial charge on any atom is -0.375 e. The normalized spacial score (nSPS) is 19.1.